The van der Waals surface area contributed by atoms with Crippen molar-refractivity contribution in [3.05, 3.63) is 63.0 Å². The van der Waals surface area contributed by atoms with Crippen molar-refractivity contribution in [2.75, 3.05) is 5.32 Å². The minimum Gasteiger partial charge on any atom is -0.322 e. The van der Waals surface area contributed by atoms with Crippen LogP contribution >= 0.6 is 23.2 Å². The second-order valence-electron chi connectivity index (χ2n) is 5.25. The molecular formula is C17H15Cl2N3O2. The molecule has 0 spiro atoms. The summed E-state index contributed by atoms with van der Waals surface area (Å²) in [5.74, 6) is -0.369. The molecule has 1 aromatic heterocycles. The lowest BCUT2D eigenvalue weighted by atomic mass is 10.3. The van der Waals surface area contributed by atoms with Gasteiger partial charge in [-0.25, -0.2) is 4.79 Å². The summed E-state index contributed by atoms with van der Waals surface area (Å²) in [6.45, 7) is 2.31. The highest BCUT2D eigenvalue weighted by Crippen LogP contribution is 2.29. The van der Waals surface area contributed by atoms with E-state index < -0.39 is 0 Å². The van der Waals surface area contributed by atoms with Crippen LogP contribution in [0.15, 0.2) is 47.3 Å². The highest BCUT2D eigenvalue weighted by atomic mass is 35.5. The number of hydrogen-bond donors (Lipinski definition) is 1. The molecule has 0 fully saturated rings. The van der Waals surface area contributed by atoms with E-state index in [2.05, 4.69) is 5.32 Å². The zero-order valence-electron chi connectivity index (χ0n) is 12.9. The van der Waals surface area contributed by atoms with Crippen LogP contribution in [-0.4, -0.2) is 15.0 Å². The third-order valence-electron chi connectivity index (χ3n) is 3.77. The van der Waals surface area contributed by atoms with E-state index in [1.54, 1.807) is 22.8 Å². The van der Waals surface area contributed by atoms with Crippen molar-refractivity contribution < 1.29 is 4.79 Å². The Balaban J connectivity index is 1.94. The second kappa shape index (κ2) is 6.71. The zero-order chi connectivity index (χ0) is 17.3. The first kappa shape index (κ1) is 16.6. The SMILES string of the molecule is CCn1c(=O)n(CC(=O)Nc2c(Cl)cccc2Cl)c2ccccc21. The van der Waals surface area contributed by atoms with Gasteiger partial charge in [0.05, 0.1) is 26.8 Å². The second-order valence-corrected chi connectivity index (χ2v) is 6.06. The Labute approximate surface area is 148 Å². The molecule has 0 aliphatic carbocycles. The van der Waals surface area contributed by atoms with Gasteiger partial charge in [0.15, 0.2) is 0 Å². The summed E-state index contributed by atoms with van der Waals surface area (Å²) in [7, 11) is 0. The number of rotatable bonds is 4. The number of fused-ring (bicyclic) bond motifs is 1. The van der Waals surface area contributed by atoms with Crippen LogP contribution in [0.25, 0.3) is 11.0 Å². The van der Waals surface area contributed by atoms with E-state index in [1.807, 2.05) is 31.2 Å². The fourth-order valence-corrected chi connectivity index (χ4v) is 3.16. The fraction of sp³-hybridized carbons (Fsp3) is 0.176. The number of anilines is 1. The third-order valence-corrected chi connectivity index (χ3v) is 4.40. The van der Waals surface area contributed by atoms with Gasteiger partial charge in [-0.15, -0.1) is 0 Å². The van der Waals surface area contributed by atoms with Gasteiger partial charge in [0, 0.05) is 6.54 Å². The average Bonchev–Trinajstić information content (AvgIpc) is 2.83. The van der Waals surface area contributed by atoms with Gasteiger partial charge in [-0.2, -0.15) is 0 Å². The smallest absolute Gasteiger partial charge is 0.322 e. The summed E-state index contributed by atoms with van der Waals surface area (Å²) in [5, 5.41) is 3.37. The molecule has 0 unspecified atom stereocenters. The number of nitrogens with one attached hydrogen (secondary N) is 1. The lowest BCUT2D eigenvalue weighted by molar-refractivity contribution is -0.116. The molecule has 5 nitrogen and oxygen atoms in total. The number of para-hydroxylation sites is 3. The molecule has 3 aromatic rings. The summed E-state index contributed by atoms with van der Waals surface area (Å²) in [6.07, 6.45) is 0. The van der Waals surface area contributed by atoms with E-state index in [-0.39, 0.29) is 18.1 Å². The van der Waals surface area contributed by atoms with E-state index >= 15 is 0 Å². The fourth-order valence-electron chi connectivity index (χ4n) is 2.67. The number of nitrogens with zero attached hydrogens (tertiary/aromatic N) is 2. The maximum Gasteiger partial charge on any atom is 0.329 e. The number of hydrogen-bond acceptors (Lipinski definition) is 2. The lowest BCUT2D eigenvalue weighted by Crippen LogP contribution is -2.29. The number of aryl methyl sites for hydroxylation is 1. The zero-order valence-corrected chi connectivity index (χ0v) is 14.4. The van der Waals surface area contributed by atoms with E-state index in [0.29, 0.717) is 27.8 Å². The molecule has 0 atom stereocenters. The van der Waals surface area contributed by atoms with Crippen molar-refractivity contribution >= 4 is 45.8 Å². The van der Waals surface area contributed by atoms with E-state index in [9.17, 15) is 9.59 Å². The molecule has 3 rings (SSSR count). The molecule has 1 amide bonds. The van der Waals surface area contributed by atoms with Crippen molar-refractivity contribution in [1.82, 2.24) is 9.13 Å². The van der Waals surface area contributed by atoms with Crippen molar-refractivity contribution in [2.45, 2.75) is 20.0 Å². The summed E-state index contributed by atoms with van der Waals surface area (Å²) in [6, 6.07) is 12.3. The molecule has 0 aliphatic rings. The quantitative estimate of drug-likeness (QED) is 0.766. The lowest BCUT2D eigenvalue weighted by Gasteiger charge is -2.09. The Morgan fingerprint density at radius 3 is 2.17 bits per heavy atom. The van der Waals surface area contributed by atoms with Crippen molar-refractivity contribution in [3.63, 3.8) is 0 Å². The molecular weight excluding hydrogens is 349 g/mol. The minimum atomic E-state index is -0.369. The van der Waals surface area contributed by atoms with Crippen molar-refractivity contribution in [1.29, 1.82) is 0 Å². The summed E-state index contributed by atoms with van der Waals surface area (Å²) in [4.78, 5) is 24.9. The van der Waals surface area contributed by atoms with E-state index in [4.69, 9.17) is 23.2 Å². The molecule has 1 heterocycles. The van der Waals surface area contributed by atoms with Gasteiger partial charge in [-0.1, -0.05) is 41.4 Å². The van der Waals surface area contributed by atoms with Crippen LogP contribution in [0.2, 0.25) is 10.0 Å². The summed E-state index contributed by atoms with van der Waals surface area (Å²) >= 11 is 12.1. The molecule has 0 saturated heterocycles. The van der Waals surface area contributed by atoms with Gasteiger partial charge in [0.25, 0.3) is 0 Å². The van der Waals surface area contributed by atoms with Gasteiger partial charge in [0.1, 0.15) is 6.54 Å². The Kier molecular flexibility index (Phi) is 4.64. The number of amides is 1. The number of imidazole rings is 1. The van der Waals surface area contributed by atoms with Crippen LogP contribution in [-0.2, 0) is 17.9 Å². The molecule has 2 aromatic carbocycles. The third kappa shape index (κ3) is 2.92. The van der Waals surface area contributed by atoms with Crippen LogP contribution in [0.1, 0.15) is 6.92 Å². The number of carbonyl (C=O) groups excluding carboxylic acids is 1. The van der Waals surface area contributed by atoms with E-state index in [0.717, 1.165) is 5.52 Å². The number of carbonyl (C=O) groups is 1. The maximum atomic E-state index is 12.5. The van der Waals surface area contributed by atoms with Crippen LogP contribution < -0.4 is 11.0 Å². The number of aromatic nitrogens is 2. The van der Waals surface area contributed by atoms with Crippen LogP contribution in [0.3, 0.4) is 0 Å². The first-order valence-corrected chi connectivity index (χ1v) is 8.20. The maximum absolute atomic E-state index is 12.5. The summed E-state index contributed by atoms with van der Waals surface area (Å²) in [5.41, 5.74) is 1.63. The molecule has 1 N–H and O–H groups in total. The largest absolute Gasteiger partial charge is 0.329 e. The molecule has 0 radical (unpaired) electrons. The topological polar surface area (TPSA) is 56.0 Å². The Hall–Kier alpha value is -2.24. The average molecular weight is 364 g/mol. The minimum absolute atomic E-state index is 0.117. The first-order valence-electron chi connectivity index (χ1n) is 7.45. The number of benzene rings is 2. The van der Waals surface area contributed by atoms with Crippen molar-refractivity contribution in [3.8, 4) is 0 Å². The highest BCUT2D eigenvalue weighted by Gasteiger charge is 2.16. The Morgan fingerprint density at radius 2 is 1.58 bits per heavy atom. The Bertz CT molecular complexity index is 955. The standard InChI is InChI=1S/C17H15Cl2N3O2/c1-2-21-13-8-3-4-9-14(13)22(17(21)24)10-15(23)20-16-11(18)6-5-7-12(16)19/h3-9H,2,10H2,1H3,(H,20,23). The molecule has 24 heavy (non-hydrogen) atoms. The highest BCUT2D eigenvalue weighted by molar-refractivity contribution is 6.39. The normalized spacial score (nSPS) is 11.0. The van der Waals surface area contributed by atoms with Crippen LogP contribution in [0.5, 0.6) is 0 Å². The predicted octanol–water partition coefficient (Wildman–Crippen LogP) is 3.77. The van der Waals surface area contributed by atoms with Gasteiger partial charge in [0.2, 0.25) is 5.91 Å². The molecule has 124 valence electrons. The van der Waals surface area contributed by atoms with Gasteiger partial charge in [-0.05, 0) is 31.2 Å². The monoisotopic (exact) mass is 363 g/mol. The first-order chi connectivity index (χ1) is 11.5. The van der Waals surface area contributed by atoms with E-state index in [1.165, 1.54) is 4.57 Å². The molecule has 7 heteroatoms. The predicted molar refractivity (Wildman–Crippen MR) is 97.0 cm³/mol. The van der Waals surface area contributed by atoms with Crippen molar-refractivity contribution in [2.24, 2.45) is 0 Å². The molecule has 0 saturated carbocycles. The summed E-state index contributed by atoms with van der Waals surface area (Å²) < 4.78 is 3.07. The van der Waals surface area contributed by atoms with Crippen LogP contribution in [0, 0.1) is 0 Å². The van der Waals surface area contributed by atoms with Gasteiger partial charge < -0.3 is 5.32 Å². The Morgan fingerprint density at radius 1 is 1.00 bits per heavy atom. The molecule has 0 bridgehead atoms. The van der Waals surface area contributed by atoms with Crippen LogP contribution in [0.4, 0.5) is 5.69 Å². The van der Waals surface area contributed by atoms with Gasteiger partial charge >= 0.3 is 5.69 Å². The molecule has 0 aliphatic heterocycles. The number of halogens is 2. The van der Waals surface area contributed by atoms with Gasteiger partial charge in [-0.3, -0.25) is 13.9 Å².